The van der Waals surface area contributed by atoms with Crippen LogP contribution in [0.2, 0.25) is 0 Å². The van der Waals surface area contributed by atoms with Crippen LogP contribution in [-0.4, -0.2) is 0 Å². The van der Waals surface area contributed by atoms with E-state index in [1.807, 2.05) is 19.9 Å². The van der Waals surface area contributed by atoms with Crippen LogP contribution in [0, 0.1) is 23.0 Å². The minimum absolute atomic E-state index is 0.0500. The molecule has 0 aliphatic carbocycles. The minimum Gasteiger partial charge on any atom is -0.489 e. The maximum atomic E-state index is 13.6. The molecule has 21 heavy (non-hydrogen) atoms. The summed E-state index contributed by atoms with van der Waals surface area (Å²) >= 11 is 0. The second-order valence-electron chi connectivity index (χ2n) is 5.04. The van der Waals surface area contributed by atoms with Gasteiger partial charge in [-0.25, -0.2) is 8.78 Å². The van der Waals surface area contributed by atoms with Crippen molar-refractivity contribution in [3.63, 3.8) is 0 Å². The average molecular weight is 287 g/mol. The van der Waals surface area contributed by atoms with E-state index >= 15 is 0 Å². The molecule has 108 valence electrons. The van der Waals surface area contributed by atoms with Gasteiger partial charge in [0.25, 0.3) is 0 Å². The second-order valence-corrected chi connectivity index (χ2v) is 5.04. The van der Waals surface area contributed by atoms with Crippen molar-refractivity contribution in [3.8, 4) is 11.8 Å². The number of hydrogen-bond donors (Lipinski definition) is 0. The first-order chi connectivity index (χ1) is 10.0. The number of nitrogens with zero attached hydrogens (tertiary/aromatic N) is 1. The van der Waals surface area contributed by atoms with Gasteiger partial charge in [-0.15, -0.1) is 0 Å². The van der Waals surface area contributed by atoms with Crippen LogP contribution in [0.3, 0.4) is 0 Å². The van der Waals surface area contributed by atoms with Gasteiger partial charge >= 0.3 is 0 Å². The summed E-state index contributed by atoms with van der Waals surface area (Å²) in [4.78, 5) is 0. The monoisotopic (exact) mass is 287 g/mol. The highest BCUT2D eigenvalue weighted by Gasteiger charge is 2.09. The molecule has 0 radical (unpaired) electrons. The average Bonchev–Trinajstić information content (AvgIpc) is 2.46. The van der Waals surface area contributed by atoms with Crippen LogP contribution in [-0.2, 0) is 6.61 Å². The third-order valence-electron chi connectivity index (χ3n) is 3.18. The predicted octanol–water partition coefficient (Wildman–Crippen LogP) is 4.54. The first kappa shape index (κ1) is 15.0. The largest absolute Gasteiger partial charge is 0.489 e. The Hall–Kier alpha value is -2.41. The Bertz CT molecular complexity index is 690. The summed E-state index contributed by atoms with van der Waals surface area (Å²) in [6, 6.07) is 10.4. The van der Waals surface area contributed by atoms with Crippen LogP contribution >= 0.6 is 0 Å². The van der Waals surface area contributed by atoms with Crippen molar-refractivity contribution in [2.24, 2.45) is 0 Å². The van der Waals surface area contributed by atoms with Crippen molar-refractivity contribution in [2.75, 3.05) is 0 Å². The Kier molecular flexibility index (Phi) is 4.54. The van der Waals surface area contributed by atoms with E-state index in [0.717, 1.165) is 0 Å². The fourth-order valence-corrected chi connectivity index (χ4v) is 1.99. The topological polar surface area (TPSA) is 33.0 Å². The SMILES string of the molecule is CC(C)c1cc(OCc2ccc(F)cc2C#N)ccc1F. The summed E-state index contributed by atoms with van der Waals surface area (Å²) in [6.07, 6.45) is 0. The molecule has 0 bridgehead atoms. The standard InChI is InChI=1S/C17H15F2NO/c1-11(2)16-8-15(5-6-17(16)19)21-10-12-3-4-14(18)7-13(12)9-20/h3-8,11H,10H2,1-2H3. The highest BCUT2D eigenvalue weighted by atomic mass is 19.1. The van der Waals surface area contributed by atoms with Crippen molar-refractivity contribution in [2.45, 2.75) is 26.4 Å². The van der Waals surface area contributed by atoms with Crippen molar-refractivity contribution in [1.29, 1.82) is 5.26 Å². The summed E-state index contributed by atoms with van der Waals surface area (Å²) in [5.74, 6) is -0.154. The number of hydrogen-bond acceptors (Lipinski definition) is 2. The van der Waals surface area contributed by atoms with Crippen molar-refractivity contribution < 1.29 is 13.5 Å². The minimum atomic E-state index is -0.459. The fraction of sp³-hybridized carbons (Fsp3) is 0.235. The fourth-order valence-electron chi connectivity index (χ4n) is 1.99. The third kappa shape index (κ3) is 3.57. The summed E-state index contributed by atoms with van der Waals surface area (Å²) in [6.45, 7) is 3.93. The van der Waals surface area contributed by atoms with Crippen LogP contribution in [0.25, 0.3) is 0 Å². The molecule has 4 heteroatoms. The van der Waals surface area contributed by atoms with Crippen LogP contribution in [0.15, 0.2) is 36.4 Å². The molecule has 0 N–H and O–H groups in total. The van der Waals surface area contributed by atoms with Gasteiger partial charge in [0.05, 0.1) is 11.6 Å². The van der Waals surface area contributed by atoms with Gasteiger partial charge in [0, 0.05) is 5.56 Å². The van der Waals surface area contributed by atoms with E-state index in [1.54, 1.807) is 6.07 Å². The number of halogens is 2. The van der Waals surface area contributed by atoms with Gasteiger partial charge in [-0.05, 0) is 41.8 Å². The number of ether oxygens (including phenoxy) is 1. The lowest BCUT2D eigenvalue weighted by molar-refractivity contribution is 0.304. The Balaban J connectivity index is 2.17. The lowest BCUT2D eigenvalue weighted by Crippen LogP contribution is -2.00. The van der Waals surface area contributed by atoms with Gasteiger partial charge in [0.2, 0.25) is 0 Å². The molecule has 0 saturated carbocycles. The predicted molar refractivity (Wildman–Crippen MR) is 75.9 cm³/mol. The van der Waals surface area contributed by atoms with Crippen molar-refractivity contribution >= 4 is 0 Å². The molecule has 0 aliphatic heterocycles. The van der Waals surface area contributed by atoms with Gasteiger partial charge in [0.15, 0.2) is 0 Å². The van der Waals surface area contributed by atoms with E-state index in [4.69, 9.17) is 10.00 Å². The highest BCUT2D eigenvalue weighted by molar-refractivity contribution is 5.38. The van der Waals surface area contributed by atoms with E-state index in [1.165, 1.54) is 30.3 Å². The summed E-state index contributed by atoms with van der Waals surface area (Å²) in [7, 11) is 0. The molecule has 2 nitrogen and oxygen atoms in total. The van der Waals surface area contributed by atoms with Crippen molar-refractivity contribution in [3.05, 3.63) is 64.7 Å². The molecule has 2 rings (SSSR count). The lowest BCUT2D eigenvalue weighted by Gasteiger charge is -2.12. The number of rotatable bonds is 4. The molecular weight excluding hydrogens is 272 g/mol. The van der Waals surface area contributed by atoms with Gasteiger partial charge in [0.1, 0.15) is 24.0 Å². The lowest BCUT2D eigenvalue weighted by atomic mass is 10.0. The maximum absolute atomic E-state index is 13.6. The summed E-state index contributed by atoms with van der Waals surface area (Å²) < 4.78 is 32.2. The number of nitriles is 1. The zero-order chi connectivity index (χ0) is 15.4. The molecule has 0 saturated heterocycles. The molecular formula is C17H15F2NO. The Morgan fingerprint density at radius 2 is 1.90 bits per heavy atom. The molecule has 2 aromatic carbocycles. The molecule has 0 unspecified atom stereocenters. The smallest absolute Gasteiger partial charge is 0.126 e. The van der Waals surface area contributed by atoms with Crippen LogP contribution < -0.4 is 4.74 Å². The summed E-state index contributed by atoms with van der Waals surface area (Å²) in [5.41, 5.74) is 1.41. The molecule has 0 amide bonds. The van der Waals surface area contributed by atoms with Crippen LogP contribution in [0.1, 0.15) is 36.5 Å². The van der Waals surface area contributed by atoms with E-state index in [0.29, 0.717) is 16.9 Å². The molecule has 0 fully saturated rings. The highest BCUT2D eigenvalue weighted by Crippen LogP contribution is 2.24. The van der Waals surface area contributed by atoms with Gasteiger partial charge in [-0.1, -0.05) is 19.9 Å². The van der Waals surface area contributed by atoms with Crippen LogP contribution in [0.4, 0.5) is 8.78 Å². The number of benzene rings is 2. The zero-order valence-corrected chi connectivity index (χ0v) is 11.9. The van der Waals surface area contributed by atoms with Gasteiger partial charge < -0.3 is 4.74 Å². The van der Waals surface area contributed by atoms with Crippen LogP contribution in [0.5, 0.6) is 5.75 Å². The Morgan fingerprint density at radius 3 is 2.57 bits per heavy atom. The van der Waals surface area contributed by atoms with E-state index in [-0.39, 0.29) is 23.9 Å². The molecule has 0 heterocycles. The Labute approximate surface area is 122 Å². The Morgan fingerprint density at radius 1 is 1.14 bits per heavy atom. The van der Waals surface area contributed by atoms with E-state index in [2.05, 4.69) is 0 Å². The van der Waals surface area contributed by atoms with Crippen molar-refractivity contribution in [1.82, 2.24) is 0 Å². The van der Waals surface area contributed by atoms with E-state index < -0.39 is 5.82 Å². The summed E-state index contributed by atoms with van der Waals surface area (Å²) in [5, 5.41) is 8.97. The first-order valence-corrected chi connectivity index (χ1v) is 6.62. The third-order valence-corrected chi connectivity index (χ3v) is 3.18. The second kappa shape index (κ2) is 6.36. The zero-order valence-electron chi connectivity index (χ0n) is 11.9. The molecule has 0 aromatic heterocycles. The normalized spacial score (nSPS) is 10.5. The molecule has 2 aromatic rings. The van der Waals surface area contributed by atoms with Gasteiger partial charge in [-0.2, -0.15) is 5.26 Å². The quantitative estimate of drug-likeness (QED) is 0.827. The molecule has 0 aliphatic rings. The molecule has 0 spiro atoms. The van der Waals surface area contributed by atoms with E-state index in [9.17, 15) is 8.78 Å². The first-order valence-electron chi connectivity index (χ1n) is 6.62. The van der Waals surface area contributed by atoms with Gasteiger partial charge in [-0.3, -0.25) is 0 Å². The maximum Gasteiger partial charge on any atom is 0.126 e. The molecule has 0 atom stereocenters.